The molecule has 1 aromatic heterocycles. The number of carbonyl (C=O) groups is 2. The van der Waals surface area contributed by atoms with E-state index in [4.69, 9.17) is 4.74 Å². The number of para-hydroxylation sites is 1. The fraction of sp³-hybridized carbons (Fsp3) is 0.105. The van der Waals surface area contributed by atoms with Crippen LogP contribution in [0.25, 0.3) is 10.9 Å². The van der Waals surface area contributed by atoms with E-state index in [9.17, 15) is 22.8 Å². The molecule has 2 aromatic carbocycles. The lowest BCUT2D eigenvalue weighted by atomic mass is 10.2. The van der Waals surface area contributed by atoms with Crippen LogP contribution in [0.1, 0.15) is 17.4 Å². The van der Waals surface area contributed by atoms with E-state index in [0.29, 0.717) is 11.6 Å². The second-order valence-corrected chi connectivity index (χ2v) is 5.65. The highest BCUT2D eigenvalue weighted by Crippen LogP contribution is 2.20. The van der Waals surface area contributed by atoms with Crippen LogP contribution in [0.4, 0.5) is 18.9 Å². The smallest absolute Gasteiger partial charge is 0.357 e. The molecule has 1 amide bonds. The molecule has 1 N–H and O–H groups in total. The fourth-order valence-corrected chi connectivity index (χ4v) is 2.31. The van der Waals surface area contributed by atoms with Gasteiger partial charge in [0.1, 0.15) is 5.69 Å². The van der Waals surface area contributed by atoms with Crippen LogP contribution in [-0.4, -0.2) is 23.0 Å². The van der Waals surface area contributed by atoms with E-state index in [-0.39, 0.29) is 5.69 Å². The Morgan fingerprint density at radius 2 is 1.74 bits per heavy atom. The lowest BCUT2D eigenvalue weighted by molar-refractivity contribution is -0.123. The molecule has 3 rings (SSSR count). The summed E-state index contributed by atoms with van der Waals surface area (Å²) in [5.41, 5.74) is 0.00546. The molecule has 5 nitrogen and oxygen atoms in total. The number of carbonyl (C=O) groups excluding carboxylic acids is 2. The van der Waals surface area contributed by atoms with Crippen molar-refractivity contribution in [2.24, 2.45) is 0 Å². The number of fused-ring (bicyclic) bond motifs is 1. The van der Waals surface area contributed by atoms with Crippen molar-refractivity contribution < 1.29 is 27.5 Å². The van der Waals surface area contributed by atoms with Crippen LogP contribution in [0.3, 0.4) is 0 Å². The minimum atomic E-state index is -1.71. The number of nitrogens with one attached hydrogen (secondary N) is 1. The molecule has 27 heavy (non-hydrogen) atoms. The van der Waals surface area contributed by atoms with Crippen LogP contribution in [0.5, 0.6) is 0 Å². The number of rotatable bonds is 4. The van der Waals surface area contributed by atoms with E-state index >= 15 is 0 Å². The molecule has 1 atom stereocenters. The zero-order valence-corrected chi connectivity index (χ0v) is 14.0. The summed E-state index contributed by atoms with van der Waals surface area (Å²) in [6, 6.07) is 11.8. The summed E-state index contributed by atoms with van der Waals surface area (Å²) in [4.78, 5) is 28.4. The van der Waals surface area contributed by atoms with Gasteiger partial charge in [0.2, 0.25) is 0 Å². The minimum absolute atomic E-state index is 0.00708. The molecule has 3 aromatic rings. The van der Waals surface area contributed by atoms with Crippen LogP contribution in [0.2, 0.25) is 0 Å². The quantitative estimate of drug-likeness (QED) is 0.557. The van der Waals surface area contributed by atoms with Crippen LogP contribution in [-0.2, 0) is 9.53 Å². The number of amides is 1. The second kappa shape index (κ2) is 7.45. The van der Waals surface area contributed by atoms with E-state index in [1.54, 1.807) is 18.2 Å². The van der Waals surface area contributed by atoms with Gasteiger partial charge < -0.3 is 10.1 Å². The zero-order chi connectivity index (χ0) is 19.6. The summed E-state index contributed by atoms with van der Waals surface area (Å²) in [7, 11) is 0. The van der Waals surface area contributed by atoms with E-state index in [1.165, 1.54) is 13.0 Å². The molecule has 138 valence electrons. The average molecular weight is 374 g/mol. The second-order valence-electron chi connectivity index (χ2n) is 5.65. The number of benzene rings is 2. The van der Waals surface area contributed by atoms with Gasteiger partial charge in [0, 0.05) is 5.39 Å². The Morgan fingerprint density at radius 1 is 1.00 bits per heavy atom. The predicted octanol–water partition coefficient (Wildman–Crippen LogP) is 3.84. The molecule has 0 fully saturated rings. The van der Waals surface area contributed by atoms with Crippen molar-refractivity contribution in [3.05, 3.63) is 71.7 Å². The summed E-state index contributed by atoms with van der Waals surface area (Å²) in [6.45, 7) is 1.26. The summed E-state index contributed by atoms with van der Waals surface area (Å²) in [5, 5.41) is 2.87. The molecule has 0 aliphatic heterocycles. The highest BCUT2D eigenvalue weighted by molar-refractivity contribution is 5.97. The van der Waals surface area contributed by atoms with E-state index < -0.39 is 41.1 Å². The number of hydrogen-bond donors (Lipinski definition) is 1. The monoisotopic (exact) mass is 374 g/mol. The third-order valence-corrected chi connectivity index (χ3v) is 3.75. The summed E-state index contributed by atoms with van der Waals surface area (Å²) < 4.78 is 44.8. The van der Waals surface area contributed by atoms with E-state index in [1.807, 2.05) is 17.4 Å². The third kappa shape index (κ3) is 3.89. The van der Waals surface area contributed by atoms with Gasteiger partial charge in [-0.1, -0.05) is 24.3 Å². The Hall–Kier alpha value is -3.42. The Balaban J connectivity index is 1.70. The number of nitrogens with zero attached hydrogens (tertiary/aromatic N) is 1. The van der Waals surface area contributed by atoms with Gasteiger partial charge >= 0.3 is 5.97 Å². The van der Waals surface area contributed by atoms with Crippen molar-refractivity contribution in [3.8, 4) is 0 Å². The predicted molar refractivity (Wildman–Crippen MR) is 91.6 cm³/mol. The molecule has 8 heteroatoms. The topological polar surface area (TPSA) is 68.3 Å². The van der Waals surface area contributed by atoms with Gasteiger partial charge in [0.15, 0.2) is 23.6 Å². The molecule has 0 saturated heterocycles. The Morgan fingerprint density at radius 3 is 2.52 bits per heavy atom. The van der Waals surface area contributed by atoms with Crippen LogP contribution < -0.4 is 5.32 Å². The van der Waals surface area contributed by atoms with Crippen molar-refractivity contribution in [3.63, 3.8) is 0 Å². The first-order valence-corrected chi connectivity index (χ1v) is 7.88. The standard InChI is InChI=1S/C19H13F3N2O3/c1-10(18(25)24-14-9-7-12(20)16(21)17(14)22)27-19(26)15-8-6-11-4-2-3-5-13(11)23-15/h2-10H,1H3,(H,24,25)/t10-/m0/s1. The first-order chi connectivity index (χ1) is 12.9. The van der Waals surface area contributed by atoms with Gasteiger partial charge in [-0.2, -0.15) is 0 Å². The molecule has 0 aliphatic carbocycles. The lowest BCUT2D eigenvalue weighted by Crippen LogP contribution is -2.30. The Bertz CT molecular complexity index is 1040. The highest BCUT2D eigenvalue weighted by atomic mass is 19.2. The fourth-order valence-electron chi connectivity index (χ4n) is 2.31. The number of esters is 1. The molecular weight excluding hydrogens is 361 g/mol. The Kier molecular flexibility index (Phi) is 5.07. The van der Waals surface area contributed by atoms with E-state index in [2.05, 4.69) is 4.98 Å². The van der Waals surface area contributed by atoms with Crippen LogP contribution >= 0.6 is 0 Å². The first-order valence-electron chi connectivity index (χ1n) is 7.88. The van der Waals surface area contributed by atoms with Gasteiger partial charge in [0.25, 0.3) is 5.91 Å². The number of hydrogen-bond acceptors (Lipinski definition) is 4. The van der Waals surface area contributed by atoms with Gasteiger partial charge in [-0.25, -0.2) is 22.9 Å². The maximum Gasteiger partial charge on any atom is 0.357 e. The number of pyridine rings is 1. The van der Waals surface area contributed by atoms with Crippen LogP contribution in [0, 0.1) is 17.5 Å². The summed E-state index contributed by atoms with van der Waals surface area (Å²) in [5.74, 6) is -6.40. The van der Waals surface area contributed by atoms with Gasteiger partial charge in [-0.15, -0.1) is 0 Å². The third-order valence-electron chi connectivity index (χ3n) is 3.75. The van der Waals surface area contributed by atoms with E-state index in [0.717, 1.165) is 11.5 Å². The number of ether oxygens (including phenoxy) is 1. The van der Waals surface area contributed by atoms with Gasteiger partial charge in [-0.3, -0.25) is 4.79 Å². The average Bonchev–Trinajstić information content (AvgIpc) is 2.67. The number of anilines is 1. The molecule has 0 aliphatic rings. The molecule has 0 unspecified atom stereocenters. The number of aromatic nitrogens is 1. The molecule has 0 saturated carbocycles. The Labute approximate surface area is 151 Å². The van der Waals surface area contributed by atoms with Gasteiger partial charge in [-0.05, 0) is 31.2 Å². The maximum atomic E-state index is 13.6. The molecular formula is C19H13F3N2O3. The van der Waals surface area contributed by atoms with Crippen molar-refractivity contribution in [2.75, 3.05) is 5.32 Å². The van der Waals surface area contributed by atoms with Gasteiger partial charge in [0.05, 0.1) is 11.2 Å². The van der Waals surface area contributed by atoms with Crippen molar-refractivity contribution in [1.29, 1.82) is 0 Å². The summed E-state index contributed by atoms with van der Waals surface area (Å²) >= 11 is 0. The largest absolute Gasteiger partial charge is 0.448 e. The van der Waals surface area contributed by atoms with Crippen molar-refractivity contribution >= 4 is 28.5 Å². The van der Waals surface area contributed by atoms with Crippen LogP contribution in [0.15, 0.2) is 48.5 Å². The minimum Gasteiger partial charge on any atom is -0.448 e. The highest BCUT2D eigenvalue weighted by Gasteiger charge is 2.22. The lowest BCUT2D eigenvalue weighted by Gasteiger charge is -2.14. The zero-order valence-electron chi connectivity index (χ0n) is 14.0. The van der Waals surface area contributed by atoms with Crippen molar-refractivity contribution in [2.45, 2.75) is 13.0 Å². The SMILES string of the molecule is C[C@H](OC(=O)c1ccc2ccccc2n1)C(=O)Nc1ccc(F)c(F)c1F. The molecule has 0 spiro atoms. The molecule has 1 heterocycles. The van der Waals surface area contributed by atoms with Crippen molar-refractivity contribution in [1.82, 2.24) is 4.98 Å². The maximum absolute atomic E-state index is 13.6. The normalized spacial score (nSPS) is 11.9. The summed E-state index contributed by atoms with van der Waals surface area (Å²) in [6.07, 6.45) is -1.32. The molecule has 0 radical (unpaired) electrons. The number of halogens is 3. The first kappa shape index (κ1) is 18.4. The molecule has 0 bridgehead atoms.